The average molecular weight is 355 g/mol. The molecule has 0 unspecified atom stereocenters. The summed E-state index contributed by atoms with van der Waals surface area (Å²) in [6.07, 6.45) is 14.9. The summed E-state index contributed by atoms with van der Waals surface area (Å²) in [5, 5.41) is 0. The first-order valence-corrected chi connectivity index (χ1v) is 13.9. The Morgan fingerprint density at radius 3 is 1.30 bits per heavy atom. The van der Waals surface area contributed by atoms with E-state index in [9.17, 15) is 0 Å². The number of nitrogens with zero attached hydrogens (tertiary/aromatic N) is 2. The molecule has 0 aliphatic heterocycles. The number of hydrogen-bond acceptors (Lipinski definition) is 2. The van der Waals surface area contributed by atoms with Crippen molar-refractivity contribution in [3.05, 3.63) is 0 Å². The summed E-state index contributed by atoms with van der Waals surface area (Å²) < 4.78 is 5.98. The molecule has 0 spiro atoms. The second kappa shape index (κ2) is 10.4. The van der Waals surface area contributed by atoms with Crippen molar-refractivity contribution >= 4 is 19.4 Å². The fraction of sp³-hybridized carbons (Fsp3) is 1.00. The fourth-order valence-corrected chi connectivity index (χ4v) is 11.0. The molecule has 2 fully saturated rings. The molecule has 2 rings (SSSR count). The predicted octanol–water partition coefficient (Wildman–Crippen LogP) is 3.62. The van der Waals surface area contributed by atoms with Crippen molar-refractivity contribution in [2.75, 3.05) is 0 Å². The van der Waals surface area contributed by atoms with Gasteiger partial charge in [0.1, 0.15) is 0 Å². The van der Waals surface area contributed by atoms with Gasteiger partial charge in [0.2, 0.25) is 0 Å². The largest absolute Gasteiger partial charge is 0.325 e. The maximum Gasteiger partial charge on any atom is 0.0938 e. The molecule has 0 heterocycles. The quantitative estimate of drug-likeness (QED) is 0.614. The highest BCUT2D eigenvalue weighted by Crippen LogP contribution is 2.25. The molecule has 0 amide bonds. The SMILES string of the molecule is CC(C)N([SiH2]C[SiH2]N(C(C)C)C1CCCCC1)C1CCCCC1. The zero-order valence-electron chi connectivity index (χ0n) is 16.4. The molecule has 2 aliphatic carbocycles. The zero-order valence-corrected chi connectivity index (χ0v) is 19.2. The Kier molecular flexibility index (Phi) is 8.87. The van der Waals surface area contributed by atoms with E-state index in [2.05, 4.69) is 36.8 Å². The van der Waals surface area contributed by atoms with Crippen molar-refractivity contribution in [3.63, 3.8) is 0 Å². The Morgan fingerprint density at radius 2 is 1.00 bits per heavy atom. The molecule has 0 aromatic heterocycles. The van der Waals surface area contributed by atoms with E-state index in [1.807, 2.05) is 0 Å². The van der Waals surface area contributed by atoms with Crippen LogP contribution < -0.4 is 0 Å². The van der Waals surface area contributed by atoms with E-state index in [1.165, 1.54) is 64.2 Å². The van der Waals surface area contributed by atoms with Crippen LogP contribution in [0.25, 0.3) is 0 Å². The third-order valence-electron chi connectivity index (χ3n) is 6.25. The molecule has 136 valence electrons. The van der Waals surface area contributed by atoms with Gasteiger partial charge >= 0.3 is 0 Å². The molecule has 4 heteroatoms. The Labute approximate surface area is 150 Å². The fourth-order valence-electron chi connectivity index (χ4n) is 4.99. The van der Waals surface area contributed by atoms with E-state index in [0.29, 0.717) is 0 Å². The predicted molar refractivity (Wildman–Crippen MR) is 110 cm³/mol. The van der Waals surface area contributed by atoms with E-state index in [-0.39, 0.29) is 19.4 Å². The van der Waals surface area contributed by atoms with Crippen LogP contribution in [0.4, 0.5) is 0 Å². The summed E-state index contributed by atoms with van der Waals surface area (Å²) in [5.41, 5.74) is 1.63. The Bertz CT molecular complexity index is 280. The van der Waals surface area contributed by atoms with Crippen molar-refractivity contribution in [2.45, 2.75) is 122 Å². The molecule has 0 aromatic carbocycles. The minimum atomic E-state index is -0.0240. The molecular weight excluding hydrogens is 312 g/mol. The minimum absolute atomic E-state index is 0.0240. The Morgan fingerprint density at radius 1 is 0.652 bits per heavy atom. The lowest BCUT2D eigenvalue weighted by molar-refractivity contribution is 0.218. The maximum atomic E-state index is 2.99. The highest BCUT2D eigenvalue weighted by molar-refractivity contribution is 6.52. The van der Waals surface area contributed by atoms with Crippen LogP contribution in [-0.2, 0) is 0 Å². The first kappa shape index (κ1) is 19.7. The summed E-state index contributed by atoms with van der Waals surface area (Å²) >= 11 is 0. The smallest absolute Gasteiger partial charge is 0.0938 e. The van der Waals surface area contributed by atoms with Gasteiger partial charge in [0.15, 0.2) is 0 Å². The summed E-state index contributed by atoms with van der Waals surface area (Å²) in [6.45, 7) is 9.80. The van der Waals surface area contributed by atoms with Crippen LogP contribution >= 0.6 is 0 Å². The average Bonchev–Trinajstić information content (AvgIpc) is 2.56. The monoisotopic (exact) mass is 354 g/mol. The zero-order chi connectivity index (χ0) is 16.7. The third kappa shape index (κ3) is 6.30. The molecule has 0 atom stereocenters. The molecule has 2 nitrogen and oxygen atoms in total. The second-order valence-corrected chi connectivity index (χ2v) is 13.8. The van der Waals surface area contributed by atoms with Crippen molar-refractivity contribution in [1.82, 2.24) is 9.13 Å². The highest BCUT2D eigenvalue weighted by Gasteiger charge is 2.25. The van der Waals surface area contributed by atoms with Crippen LogP contribution in [0.15, 0.2) is 0 Å². The summed E-state index contributed by atoms with van der Waals surface area (Å²) in [4.78, 5) is 0. The summed E-state index contributed by atoms with van der Waals surface area (Å²) in [5.74, 6) is 0. The van der Waals surface area contributed by atoms with Crippen molar-refractivity contribution < 1.29 is 0 Å². The first-order valence-electron chi connectivity index (χ1n) is 10.6. The number of rotatable bonds is 8. The van der Waals surface area contributed by atoms with Gasteiger partial charge in [0.25, 0.3) is 0 Å². The van der Waals surface area contributed by atoms with Gasteiger partial charge < -0.3 is 9.13 Å². The highest BCUT2D eigenvalue weighted by atomic mass is 28.3. The normalized spacial score (nSPS) is 23.0. The van der Waals surface area contributed by atoms with E-state index >= 15 is 0 Å². The summed E-state index contributed by atoms with van der Waals surface area (Å²) in [6, 6.07) is 3.49. The lowest BCUT2D eigenvalue weighted by Crippen LogP contribution is -2.48. The molecule has 0 N–H and O–H groups in total. The lowest BCUT2D eigenvalue weighted by atomic mass is 9.95. The van der Waals surface area contributed by atoms with Gasteiger partial charge in [-0.25, -0.2) is 0 Å². The van der Waals surface area contributed by atoms with E-state index in [4.69, 9.17) is 0 Å². The Balaban J connectivity index is 1.81. The summed E-state index contributed by atoms with van der Waals surface area (Å²) in [7, 11) is -0.0479. The van der Waals surface area contributed by atoms with E-state index in [0.717, 1.165) is 24.2 Å². The van der Waals surface area contributed by atoms with Crippen LogP contribution in [0.2, 0.25) is 5.67 Å². The molecular formula is C19H42N2Si2. The van der Waals surface area contributed by atoms with E-state index in [1.54, 1.807) is 5.67 Å². The Hall–Kier alpha value is 0.354. The first-order chi connectivity index (χ1) is 11.1. The molecule has 0 saturated heterocycles. The van der Waals surface area contributed by atoms with Gasteiger partial charge in [-0.3, -0.25) is 0 Å². The molecule has 2 saturated carbocycles. The van der Waals surface area contributed by atoms with Crippen LogP contribution in [0, 0.1) is 0 Å². The van der Waals surface area contributed by atoms with Gasteiger partial charge in [-0.1, -0.05) is 66.2 Å². The molecule has 0 aromatic rings. The standard InChI is InChI=1S/C19H42N2Si2/c1-16(2)20(18-11-7-5-8-12-18)22-15-23-21(17(3)4)19-13-9-6-10-14-19/h16-19H,5-15,22-23H2,1-4H3. The molecule has 23 heavy (non-hydrogen) atoms. The maximum absolute atomic E-state index is 2.99. The van der Waals surface area contributed by atoms with Crippen molar-refractivity contribution in [1.29, 1.82) is 0 Å². The lowest BCUT2D eigenvalue weighted by Gasteiger charge is -2.40. The number of hydrogen-bond donors (Lipinski definition) is 0. The second-order valence-electron chi connectivity index (χ2n) is 8.60. The van der Waals surface area contributed by atoms with Crippen LogP contribution in [0.5, 0.6) is 0 Å². The van der Waals surface area contributed by atoms with E-state index < -0.39 is 0 Å². The van der Waals surface area contributed by atoms with Gasteiger partial charge in [-0.15, -0.1) is 0 Å². The molecule has 2 aliphatic rings. The van der Waals surface area contributed by atoms with Crippen LogP contribution in [0.1, 0.15) is 91.9 Å². The topological polar surface area (TPSA) is 6.48 Å². The molecule has 0 radical (unpaired) electrons. The van der Waals surface area contributed by atoms with Gasteiger partial charge in [-0.05, 0) is 43.4 Å². The van der Waals surface area contributed by atoms with Gasteiger partial charge in [-0.2, -0.15) is 0 Å². The third-order valence-corrected chi connectivity index (χ3v) is 12.3. The van der Waals surface area contributed by atoms with Gasteiger partial charge in [0.05, 0.1) is 19.4 Å². The minimum Gasteiger partial charge on any atom is -0.325 e. The van der Waals surface area contributed by atoms with Gasteiger partial charge in [0, 0.05) is 12.1 Å². The van der Waals surface area contributed by atoms with Crippen LogP contribution in [0.3, 0.4) is 0 Å². The molecule has 0 bridgehead atoms. The van der Waals surface area contributed by atoms with Crippen LogP contribution in [-0.4, -0.2) is 52.7 Å². The van der Waals surface area contributed by atoms with Crippen molar-refractivity contribution in [3.8, 4) is 0 Å². The van der Waals surface area contributed by atoms with Crippen molar-refractivity contribution in [2.24, 2.45) is 0 Å².